The van der Waals surface area contributed by atoms with Gasteiger partial charge in [0.2, 0.25) is 5.91 Å². The number of nitrogens with zero attached hydrogens (tertiary/aromatic N) is 2. The lowest BCUT2D eigenvalue weighted by Gasteiger charge is -2.10. The second kappa shape index (κ2) is 6.39. The maximum absolute atomic E-state index is 11.6. The van der Waals surface area contributed by atoms with Gasteiger partial charge in [-0.3, -0.25) is 4.79 Å². The van der Waals surface area contributed by atoms with E-state index < -0.39 is 0 Å². The number of hydrogen-bond acceptors (Lipinski definition) is 3. The maximum atomic E-state index is 11.6. The molecule has 0 aromatic carbocycles. The first-order chi connectivity index (χ1) is 8.34. The van der Waals surface area contributed by atoms with Crippen molar-refractivity contribution < 1.29 is 4.79 Å². The summed E-state index contributed by atoms with van der Waals surface area (Å²) in [6.07, 6.45) is 9.38. The van der Waals surface area contributed by atoms with Crippen molar-refractivity contribution in [3.63, 3.8) is 0 Å². The summed E-state index contributed by atoms with van der Waals surface area (Å²) in [6.45, 7) is 2.70. The van der Waals surface area contributed by atoms with Crippen molar-refractivity contribution >= 4 is 5.91 Å². The number of aryl methyl sites for hydroxylation is 1. The molecule has 2 rings (SSSR count). The minimum absolute atomic E-state index is 0.162. The summed E-state index contributed by atoms with van der Waals surface area (Å²) in [5.41, 5.74) is 0. The Morgan fingerprint density at radius 1 is 1.59 bits per heavy atom. The van der Waals surface area contributed by atoms with Crippen molar-refractivity contribution in [2.75, 3.05) is 13.1 Å². The van der Waals surface area contributed by atoms with Crippen LogP contribution in [-0.2, 0) is 11.3 Å². The Morgan fingerprint density at radius 2 is 2.53 bits per heavy atom. The topological polar surface area (TPSA) is 59.0 Å². The van der Waals surface area contributed by atoms with Gasteiger partial charge < -0.3 is 15.2 Å². The van der Waals surface area contributed by atoms with Crippen molar-refractivity contribution in [2.24, 2.45) is 0 Å². The SMILES string of the molecule is O=C(CC1CCCN1)NCCCn1ccnc1. The lowest BCUT2D eigenvalue weighted by atomic mass is 10.1. The minimum Gasteiger partial charge on any atom is -0.356 e. The van der Waals surface area contributed by atoms with Gasteiger partial charge in [-0.1, -0.05) is 0 Å². The van der Waals surface area contributed by atoms with E-state index in [1.165, 1.54) is 6.42 Å². The first-order valence-corrected chi connectivity index (χ1v) is 6.30. The average Bonchev–Trinajstić information content (AvgIpc) is 2.96. The van der Waals surface area contributed by atoms with E-state index >= 15 is 0 Å². The monoisotopic (exact) mass is 236 g/mol. The van der Waals surface area contributed by atoms with E-state index in [0.717, 1.165) is 32.5 Å². The Labute approximate surface area is 102 Å². The molecule has 1 amide bonds. The largest absolute Gasteiger partial charge is 0.356 e. The highest BCUT2D eigenvalue weighted by molar-refractivity contribution is 5.76. The fourth-order valence-corrected chi connectivity index (χ4v) is 2.14. The van der Waals surface area contributed by atoms with Crippen molar-refractivity contribution in [1.29, 1.82) is 0 Å². The number of aromatic nitrogens is 2. The zero-order valence-corrected chi connectivity index (χ0v) is 10.1. The number of carbonyl (C=O) groups excluding carboxylic acids is 1. The van der Waals surface area contributed by atoms with Crippen LogP contribution in [0.25, 0.3) is 0 Å². The number of amides is 1. The van der Waals surface area contributed by atoms with Crippen molar-refractivity contribution in [1.82, 2.24) is 20.2 Å². The van der Waals surface area contributed by atoms with E-state index in [-0.39, 0.29) is 5.91 Å². The molecule has 94 valence electrons. The predicted octanol–water partition coefficient (Wildman–Crippen LogP) is 0.531. The van der Waals surface area contributed by atoms with Gasteiger partial charge >= 0.3 is 0 Å². The van der Waals surface area contributed by atoms with Gasteiger partial charge in [0.15, 0.2) is 0 Å². The van der Waals surface area contributed by atoms with Crippen LogP contribution in [0.3, 0.4) is 0 Å². The molecule has 1 aromatic heterocycles. The van der Waals surface area contributed by atoms with E-state index in [0.29, 0.717) is 12.5 Å². The third-order valence-corrected chi connectivity index (χ3v) is 3.07. The summed E-state index contributed by atoms with van der Waals surface area (Å²) in [6, 6.07) is 0.392. The molecule has 5 heteroatoms. The number of carbonyl (C=O) groups is 1. The summed E-state index contributed by atoms with van der Waals surface area (Å²) >= 11 is 0. The highest BCUT2D eigenvalue weighted by Crippen LogP contribution is 2.07. The van der Waals surface area contributed by atoms with Crippen LogP contribution in [0.1, 0.15) is 25.7 Å². The first-order valence-electron chi connectivity index (χ1n) is 6.30. The van der Waals surface area contributed by atoms with Gasteiger partial charge in [-0.15, -0.1) is 0 Å². The van der Waals surface area contributed by atoms with Gasteiger partial charge in [0.05, 0.1) is 6.33 Å². The Bertz CT molecular complexity index is 330. The van der Waals surface area contributed by atoms with Crippen LogP contribution in [0.2, 0.25) is 0 Å². The molecule has 17 heavy (non-hydrogen) atoms. The average molecular weight is 236 g/mol. The molecular formula is C12H20N4O. The molecule has 0 saturated carbocycles. The molecule has 0 spiro atoms. The highest BCUT2D eigenvalue weighted by atomic mass is 16.1. The van der Waals surface area contributed by atoms with E-state index in [9.17, 15) is 4.79 Å². The van der Waals surface area contributed by atoms with Crippen molar-refractivity contribution in [2.45, 2.75) is 38.3 Å². The van der Waals surface area contributed by atoms with E-state index in [2.05, 4.69) is 15.6 Å². The molecule has 1 unspecified atom stereocenters. The number of rotatable bonds is 6. The summed E-state index contributed by atoms with van der Waals surface area (Å²) in [5, 5.41) is 6.29. The molecule has 0 radical (unpaired) electrons. The molecule has 1 fully saturated rings. The summed E-state index contributed by atoms with van der Waals surface area (Å²) in [7, 11) is 0. The molecule has 1 atom stereocenters. The summed E-state index contributed by atoms with van der Waals surface area (Å²) < 4.78 is 2.02. The predicted molar refractivity (Wildman–Crippen MR) is 65.5 cm³/mol. The fraction of sp³-hybridized carbons (Fsp3) is 0.667. The van der Waals surface area contributed by atoms with Gasteiger partial charge in [0, 0.05) is 37.9 Å². The van der Waals surface area contributed by atoms with Crippen LogP contribution < -0.4 is 10.6 Å². The second-order valence-corrected chi connectivity index (χ2v) is 4.50. The van der Waals surface area contributed by atoms with Gasteiger partial charge in [-0.25, -0.2) is 4.98 Å². The number of imidazole rings is 1. The fourth-order valence-electron chi connectivity index (χ4n) is 2.14. The van der Waals surface area contributed by atoms with E-state index in [1.807, 2.05) is 10.8 Å². The van der Waals surface area contributed by atoms with Crippen LogP contribution in [0.4, 0.5) is 0 Å². The Kier molecular flexibility index (Phi) is 4.55. The molecule has 0 aliphatic carbocycles. The van der Waals surface area contributed by atoms with Gasteiger partial charge in [-0.05, 0) is 25.8 Å². The van der Waals surface area contributed by atoms with Gasteiger partial charge in [0.1, 0.15) is 0 Å². The summed E-state index contributed by atoms with van der Waals surface area (Å²) in [4.78, 5) is 15.6. The van der Waals surface area contributed by atoms with Gasteiger partial charge in [-0.2, -0.15) is 0 Å². The molecule has 1 aliphatic heterocycles. The third-order valence-electron chi connectivity index (χ3n) is 3.07. The standard InChI is InChI=1S/C12H20N4O/c17-12(9-11-3-1-4-14-11)15-5-2-7-16-8-6-13-10-16/h6,8,10-11,14H,1-5,7,9H2,(H,15,17). The molecular weight excluding hydrogens is 216 g/mol. The molecule has 5 nitrogen and oxygen atoms in total. The number of nitrogens with one attached hydrogen (secondary N) is 2. The Balaban J connectivity index is 1.53. The molecule has 1 aromatic rings. The van der Waals surface area contributed by atoms with E-state index in [4.69, 9.17) is 0 Å². The lowest BCUT2D eigenvalue weighted by molar-refractivity contribution is -0.121. The van der Waals surface area contributed by atoms with Crippen LogP contribution in [-0.4, -0.2) is 34.6 Å². The molecule has 2 N–H and O–H groups in total. The van der Waals surface area contributed by atoms with E-state index in [1.54, 1.807) is 12.5 Å². The third kappa shape index (κ3) is 4.19. The quantitative estimate of drug-likeness (QED) is 0.708. The highest BCUT2D eigenvalue weighted by Gasteiger charge is 2.16. The minimum atomic E-state index is 0.162. The van der Waals surface area contributed by atoms with Crippen molar-refractivity contribution in [3.05, 3.63) is 18.7 Å². The zero-order valence-electron chi connectivity index (χ0n) is 10.1. The Hall–Kier alpha value is -1.36. The molecule has 2 heterocycles. The lowest BCUT2D eigenvalue weighted by Crippen LogP contribution is -2.32. The summed E-state index contributed by atoms with van der Waals surface area (Å²) in [5.74, 6) is 0.162. The number of hydrogen-bond donors (Lipinski definition) is 2. The second-order valence-electron chi connectivity index (χ2n) is 4.50. The molecule has 1 aliphatic rings. The zero-order chi connectivity index (χ0) is 11.9. The Morgan fingerprint density at radius 3 is 3.24 bits per heavy atom. The van der Waals surface area contributed by atoms with Crippen LogP contribution >= 0.6 is 0 Å². The van der Waals surface area contributed by atoms with Crippen LogP contribution in [0, 0.1) is 0 Å². The van der Waals surface area contributed by atoms with Crippen LogP contribution in [0.5, 0.6) is 0 Å². The van der Waals surface area contributed by atoms with Gasteiger partial charge in [0.25, 0.3) is 0 Å². The first kappa shape index (κ1) is 12.1. The molecule has 1 saturated heterocycles. The molecule has 0 bridgehead atoms. The smallest absolute Gasteiger partial charge is 0.221 e. The van der Waals surface area contributed by atoms with Crippen molar-refractivity contribution in [3.8, 4) is 0 Å². The normalized spacial score (nSPS) is 19.4. The van der Waals surface area contributed by atoms with Crippen LogP contribution in [0.15, 0.2) is 18.7 Å². The maximum Gasteiger partial charge on any atom is 0.221 e.